The lowest BCUT2D eigenvalue weighted by atomic mass is 10.1. The van der Waals surface area contributed by atoms with Gasteiger partial charge in [-0.2, -0.15) is 0 Å². The van der Waals surface area contributed by atoms with Crippen LogP contribution in [0.3, 0.4) is 0 Å². The molecule has 1 heterocycles. The molecule has 0 unspecified atom stereocenters. The summed E-state index contributed by atoms with van der Waals surface area (Å²) < 4.78 is 0. The van der Waals surface area contributed by atoms with E-state index >= 15 is 0 Å². The van der Waals surface area contributed by atoms with Gasteiger partial charge in [-0.1, -0.05) is 12.1 Å². The maximum absolute atomic E-state index is 12.0. The van der Waals surface area contributed by atoms with Gasteiger partial charge in [0.1, 0.15) is 0 Å². The molecule has 0 aliphatic carbocycles. The monoisotopic (exact) mass is 290 g/mol. The highest BCUT2D eigenvalue weighted by Crippen LogP contribution is 2.10. The molecule has 1 saturated heterocycles. The van der Waals surface area contributed by atoms with Gasteiger partial charge in [0.25, 0.3) is 5.91 Å². The number of hydrogen-bond donors (Lipinski definition) is 2. The fourth-order valence-electron chi connectivity index (χ4n) is 2.37. The minimum absolute atomic E-state index is 0.0662. The van der Waals surface area contributed by atoms with Crippen LogP contribution in [0.1, 0.15) is 40.0 Å². The standard InChI is InChI=1S/C15H18N2O4/c18-13(17-8-4-1-5-9-17)10-16-14(19)11-6-2-3-7-12(11)15(20)21/h2-3,6-7H,1,4-5,8-10H2,(H,16,19)(H,20,21). The molecule has 1 aromatic carbocycles. The normalized spacial score (nSPS) is 14.6. The van der Waals surface area contributed by atoms with E-state index in [1.807, 2.05) is 0 Å². The topological polar surface area (TPSA) is 86.7 Å². The molecule has 1 aliphatic rings. The molecule has 0 bridgehead atoms. The lowest BCUT2D eigenvalue weighted by Crippen LogP contribution is -2.42. The molecule has 0 aromatic heterocycles. The van der Waals surface area contributed by atoms with Gasteiger partial charge in [0.2, 0.25) is 5.91 Å². The Kier molecular flexibility index (Phi) is 4.92. The Hall–Kier alpha value is -2.37. The quantitative estimate of drug-likeness (QED) is 0.870. The lowest BCUT2D eigenvalue weighted by Gasteiger charge is -2.26. The number of carboxylic acids is 1. The van der Waals surface area contributed by atoms with Gasteiger partial charge in [-0.05, 0) is 31.4 Å². The van der Waals surface area contributed by atoms with Crippen LogP contribution in [0.15, 0.2) is 24.3 Å². The Morgan fingerprint density at radius 3 is 2.29 bits per heavy atom. The van der Waals surface area contributed by atoms with Crippen LogP contribution < -0.4 is 5.32 Å². The molecule has 1 aliphatic heterocycles. The van der Waals surface area contributed by atoms with Crippen molar-refractivity contribution < 1.29 is 19.5 Å². The Labute approximate surface area is 122 Å². The molecule has 0 atom stereocenters. The zero-order chi connectivity index (χ0) is 15.2. The summed E-state index contributed by atoms with van der Waals surface area (Å²) in [6.45, 7) is 1.34. The molecule has 21 heavy (non-hydrogen) atoms. The number of hydrogen-bond acceptors (Lipinski definition) is 3. The molecule has 0 saturated carbocycles. The molecule has 2 amide bonds. The number of carboxylic acid groups (broad SMARTS) is 1. The van der Waals surface area contributed by atoms with Gasteiger partial charge < -0.3 is 15.3 Å². The summed E-state index contributed by atoms with van der Waals surface area (Å²) in [5.74, 6) is -1.84. The van der Waals surface area contributed by atoms with Crippen LogP contribution in [0, 0.1) is 0 Å². The number of aromatic carboxylic acids is 1. The summed E-state index contributed by atoms with van der Waals surface area (Å²) in [4.78, 5) is 36.7. The molecule has 6 nitrogen and oxygen atoms in total. The van der Waals surface area contributed by atoms with Crippen molar-refractivity contribution in [2.24, 2.45) is 0 Å². The van der Waals surface area contributed by atoms with Crippen molar-refractivity contribution in [3.8, 4) is 0 Å². The fraction of sp³-hybridized carbons (Fsp3) is 0.400. The molecule has 0 radical (unpaired) electrons. The third kappa shape index (κ3) is 3.81. The number of amides is 2. The number of piperidine rings is 1. The number of likely N-dealkylation sites (tertiary alicyclic amines) is 1. The van der Waals surface area contributed by atoms with E-state index in [1.54, 1.807) is 17.0 Å². The van der Waals surface area contributed by atoms with E-state index in [-0.39, 0.29) is 23.6 Å². The van der Waals surface area contributed by atoms with E-state index in [4.69, 9.17) is 5.11 Å². The summed E-state index contributed by atoms with van der Waals surface area (Å²) in [7, 11) is 0. The van der Waals surface area contributed by atoms with Crippen LogP contribution in [0.4, 0.5) is 0 Å². The van der Waals surface area contributed by atoms with Crippen molar-refractivity contribution in [2.45, 2.75) is 19.3 Å². The molecule has 112 valence electrons. The molecule has 6 heteroatoms. The zero-order valence-corrected chi connectivity index (χ0v) is 11.7. The van der Waals surface area contributed by atoms with E-state index < -0.39 is 11.9 Å². The summed E-state index contributed by atoms with van der Waals surface area (Å²) in [5.41, 5.74) is -0.00290. The van der Waals surface area contributed by atoms with Crippen molar-refractivity contribution in [1.82, 2.24) is 10.2 Å². The van der Waals surface area contributed by atoms with Crippen molar-refractivity contribution in [1.29, 1.82) is 0 Å². The highest BCUT2D eigenvalue weighted by Gasteiger charge is 2.19. The van der Waals surface area contributed by atoms with E-state index in [0.717, 1.165) is 32.4 Å². The number of nitrogens with zero attached hydrogens (tertiary/aromatic N) is 1. The molecular weight excluding hydrogens is 272 g/mol. The highest BCUT2D eigenvalue weighted by atomic mass is 16.4. The van der Waals surface area contributed by atoms with Crippen molar-refractivity contribution >= 4 is 17.8 Å². The third-order valence-electron chi connectivity index (χ3n) is 3.51. The van der Waals surface area contributed by atoms with E-state index in [9.17, 15) is 14.4 Å². The van der Waals surface area contributed by atoms with Gasteiger partial charge in [-0.15, -0.1) is 0 Å². The summed E-state index contributed by atoms with van der Waals surface area (Å²) in [5, 5.41) is 11.5. The van der Waals surface area contributed by atoms with Crippen molar-refractivity contribution in [2.75, 3.05) is 19.6 Å². The Morgan fingerprint density at radius 2 is 1.67 bits per heavy atom. The average molecular weight is 290 g/mol. The van der Waals surface area contributed by atoms with Crippen molar-refractivity contribution in [3.05, 3.63) is 35.4 Å². The van der Waals surface area contributed by atoms with Crippen LogP contribution in [-0.2, 0) is 4.79 Å². The first-order chi connectivity index (χ1) is 10.1. The molecule has 2 N–H and O–H groups in total. The fourth-order valence-corrected chi connectivity index (χ4v) is 2.37. The van der Waals surface area contributed by atoms with Crippen LogP contribution in [-0.4, -0.2) is 47.4 Å². The van der Waals surface area contributed by atoms with Crippen LogP contribution >= 0.6 is 0 Å². The first kappa shape index (κ1) is 15.0. The third-order valence-corrected chi connectivity index (χ3v) is 3.51. The average Bonchev–Trinajstić information content (AvgIpc) is 2.53. The lowest BCUT2D eigenvalue weighted by molar-refractivity contribution is -0.130. The first-order valence-corrected chi connectivity index (χ1v) is 6.98. The second kappa shape index (κ2) is 6.88. The summed E-state index contributed by atoms with van der Waals surface area (Å²) in [6.07, 6.45) is 3.10. The predicted molar refractivity (Wildman–Crippen MR) is 76.2 cm³/mol. The second-order valence-electron chi connectivity index (χ2n) is 4.97. The molecule has 2 rings (SSSR count). The Bertz CT molecular complexity index is 550. The molecule has 0 spiro atoms. The Balaban J connectivity index is 1.95. The zero-order valence-electron chi connectivity index (χ0n) is 11.7. The van der Waals surface area contributed by atoms with Crippen LogP contribution in [0.25, 0.3) is 0 Å². The number of carbonyl (C=O) groups excluding carboxylic acids is 2. The van der Waals surface area contributed by atoms with E-state index in [0.29, 0.717) is 0 Å². The SMILES string of the molecule is O=C(O)c1ccccc1C(=O)NCC(=O)N1CCCCC1. The molecular formula is C15H18N2O4. The van der Waals surface area contributed by atoms with Gasteiger partial charge in [-0.25, -0.2) is 4.79 Å². The number of rotatable bonds is 4. The first-order valence-electron chi connectivity index (χ1n) is 6.98. The van der Waals surface area contributed by atoms with Gasteiger partial charge >= 0.3 is 5.97 Å². The second-order valence-corrected chi connectivity index (χ2v) is 4.97. The minimum atomic E-state index is -1.16. The van der Waals surface area contributed by atoms with Gasteiger partial charge in [0.05, 0.1) is 17.7 Å². The molecule has 1 aromatic rings. The highest BCUT2D eigenvalue weighted by molar-refractivity contribution is 6.05. The largest absolute Gasteiger partial charge is 0.478 e. The summed E-state index contributed by atoms with van der Waals surface area (Å²) >= 11 is 0. The molecule has 1 fully saturated rings. The maximum Gasteiger partial charge on any atom is 0.336 e. The summed E-state index contributed by atoms with van der Waals surface area (Å²) in [6, 6.07) is 5.95. The number of benzene rings is 1. The predicted octanol–water partition coefficient (Wildman–Crippen LogP) is 1.13. The smallest absolute Gasteiger partial charge is 0.336 e. The van der Waals surface area contributed by atoms with Crippen molar-refractivity contribution in [3.63, 3.8) is 0 Å². The van der Waals surface area contributed by atoms with Crippen LogP contribution in [0.2, 0.25) is 0 Å². The van der Waals surface area contributed by atoms with Gasteiger partial charge in [0, 0.05) is 13.1 Å². The number of carbonyl (C=O) groups is 3. The van der Waals surface area contributed by atoms with Gasteiger partial charge in [-0.3, -0.25) is 9.59 Å². The number of nitrogens with one attached hydrogen (secondary N) is 1. The van der Waals surface area contributed by atoms with Crippen LogP contribution in [0.5, 0.6) is 0 Å². The van der Waals surface area contributed by atoms with Gasteiger partial charge in [0.15, 0.2) is 0 Å². The minimum Gasteiger partial charge on any atom is -0.478 e. The van der Waals surface area contributed by atoms with E-state index in [1.165, 1.54) is 12.1 Å². The van der Waals surface area contributed by atoms with E-state index in [2.05, 4.69) is 5.32 Å². The Morgan fingerprint density at radius 1 is 1.05 bits per heavy atom. The maximum atomic E-state index is 12.0.